The minimum absolute atomic E-state index is 0.369. The lowest BCUT2D eigenvalue weighted by Crippen LogP contribution is -2.31. The van der Waals surface area contributed by atoms with Crippen LogP contribution in [0.3, 0.4) is 0 Å². The van der Waals surface area contributed by atoms with Gasteiger partial charge in [-0.1, -0.05) is 29.4 Å². The van der Waals surface area contributed by atoms with Crippen molar-refractivity contribution in [2.75, 3.05) is 6.61 Å². The molecule has 0 unspecified atom stereocenters. The summed E-state index contributed by atoms with van der Waals surface area (Å²) in [5, 5.41) is 1.19. The monoisotopic (exact) mass is 218 g/mol. The third-order valence-corrected chi connectivity index (χ3v) is 3.43. The van der Waals surface area contributed by atoms with Gasteiger partial charge in [0.25, 0.3) is 5.01 Å². The normalized spacial score (nSPS) is 10.4. The maximum atomic E-state index is 5.33. The van der Waals surface area contributed by atoms with Gasteiger partial charge in [-0.15, -0.1) is 6.42 Å². The van der Waals surface area contributed by atoms with E-state index in [1.165, 1.54) is 15.2 Å². The second-order valence-corrected chi connectivity index (χ2v) is 4.33. The van der Waals surface area contributed by atoms with Gasteiger partial charge >= 0.3 is 0 Å². The Morgan fingerprint density at radius 2 is 2.27 bits per heavy atom. The zero-order chi connectivity index (χ0) is 10.7. The van der Waals surface area contributed by atoms with Crippen LogP contribution in [-0.4, -0.2) is 6.61 Å². The van der Waals surface area contributed by atoms with Gasteiger partial charge in [-0.2, -0.15) is 4.57 Å². The van der Waals surface area contributed by atoms with Gasteiger partial charge in [0.2, 0.25) is 5.52 Å². The Bertz CT molecular complexity index is 510. The Labute approximate surface area is 93.1 Å². The van der Waals surface area contributed by atoms with Crippen molar-refractivity contribution < 1.29 is 9.30 Å². The fourth-order valence-corrected chi connectivity index (χ4v) is 2.56. The SMILES string of the molecule is C#CCOCc1sc2ccccc2[n+]1C. The number of para-hydroxylation sites is 1. The summed E-state index contributed by atoms with van der Waals surface area (Å²) < 4.78 is 8.76. The van der Waals surface area contributed by atoms with E-state index in [4.69, 9.17) is 11.2 Å². The van der Waals surface area contributed by atoms with Gasteiger partial charge in [0.05, 0.1) is 0 Å². The molecule has 1 heterocycles. The molecule has 3 heteroatoms. The van der Waals surface area contributed by atoms with Crippen molar-refractivity contribution in [2.24, 2.45) is 7.05 Å². The molecule has 2 rings (SSSR count). The van der Waals surface area contributed by atoms with Crippen LogP contribution >= 0.6 is 11.3 Å². The van der Waals surface area contributed by atoms with Crippen LogP contribution in [0.1, 0.15) is 5.01 Å². The predicted molar refractivity (Wildman–Crippen MR) is 61.5 cm³/mol. The number of rotatable bonds is 3. The van der Waals surface area contributed by atoms with Crippen LogP contribution in [0.2, 0.25) is 0 Å². The third-order valence-electron chi connectivity index (χ3n) is 2.24. The summed E-state index contributed by atoms with van der Waals surface area (Å²) in [5.74, 6) is 2.46. The highest BCUT2D eigenvalue weighted by Crippen LogP contribution is 2.19. The summed E-state index contributed by atoms with van der Waals surface area (Å²) in [4.78, 5) is 0. The molecule has 0 bridgehead atoms. The molecule has 0 N–H and O–H groups in total. The standard InChI is InChI=1S/C12H12NOS/c1-3-8-14-9-12-13(2)10-6-4-5-7-11(10)15-12/h1,4-7H,8-9H2,2H3/q+1. The van der Waals surface area contributed by atoms with E-state index in [9.17, 15) is 0 Å². The highest BCUT2D eigenvalue weighted by Gasteiger charge is 2.15. The van der Waals surface area contributed by atoms with Gasteiger partial charge in [-0.25, -0.2) is 0 Å². The molecule has 0 saturated heterocycles. The van der Waals surface area contributed by atoms with Crippen LogP contribution < -0.4 is 4.57 Å². The van der Waals surface area contributed by atoms with E-state index >= 15 is 0 Å². The van der Waals surface area contributed by atoms with Crippen molar-refractivity contribution >= 4 is 21.6 Å². The third kappa shape index (κ3) is 2.01. The van der Waals surface area contributed by atoms with Crippen molar-refractivity contribution in [1.82, 2.24) is 0 Å². The zero-order valence-corrected chi connectivity index (χ0v) is 9.38. The number of aryl methyl sites for hydroxylation is 1. The van der Waals surface area contributed by atoms with Gasteiger partial charge in [-0.05, 0) is 6.07 Å². The van der Waals surface area contributed by atoms with Crippen molar-refractivity contribution in [1.29, 1.82) is 0 Å². The first-order valence-electron chi connectivity index (χ1n) is 4.70. The number of ether oxygens (including phenoxy) is 1. The number of fused-ring (bicyclic) bond motifs is 1. The molecule has 15 heavy (non-hydrogen) atoms. The van der Waals surface area contributed by atoms with Gasteiger partial charge in [0, 0.05) is 6.07 Å². The lowest BCUT2D eigenvalue weighted by Gasteiger charge is -1.93. The molecule has 0 fully saturated rings. The summed E-state index contributed by atoms with van der Waals surface area (Å²) in [6.07, 6.45) is 5.13. The van der Waals surface area contributed by atoms with Gasteiger partial charge in [0.1, 0.15) is 25.0 Å². The molecule has 0 aliphatic rings. The fourth-order valence-electron chi connectivity index (χ4n) is 1.47. The molecule has 2 nitrogen and oxygen atoms in total. The molecule has 0 spiro atoms. The number of terminal acetylenes is 1. The van der Waals surface area contributed by atoms with Crippen molar-refractivity contribution in [3.8, 4) is 12.3 Å². The van der Waals surface area contributed by atoms with E-state index in [0.29, 0.717) is 13.2 Å². The minimum atomic E-state index is 0.369. The molecule has 1 aromatic carbocycles. The maximum absolute atomic E-state index is 5.33. The minimum Gasteiger partial charge on any atom is -0.357 e. The van der Waals surface area contributed by atoms with Crippen LogP contribution in [0, 0.1) is 12.3 Å². The number of hydrogen-bond acceptors (Lipinski definition) is 2. The Balaban J connectivity index is 2.29. The van der Waals surface area contributed by atoms with Crippen molar-refractivity contribution in [3.05, 3.63) is 29.3 Å². The maximum Gasteiger partial charge on any atom is 0.264 e. The number of benzene rings is 1. The second-order valence-electron chi connectivity index (χ2n) is 3.22. The van der Waals surface area contributed by atoms with Gasteiger partial charge in [-0.3, -0.25) is 0 Å². The first-order valence-corrected chi connectivity index (χ1v) is 5.52. The van der Waals surface area contributed by atoms with E-state index in [-0.39, 0.29) is 0 Å². The second kappa shape index (κ2) is 4.43. The molecule has 1 aromatic heterocycles. The number of hydrogen-bond donors (Lipinski definition) is 0. The average molecular weight is 218 g/mol. The van der Waals surface area contributed by atoms with Gasteiger partial charge < -0.3 is 4.74 Å². The highest BCUT2D eigenvalue weighted by atomic mass is 32.1. The van der Waals surface area contributed by atoms with Crippen LogP contribution in [0.25, 0.3) is 10.2 Å². The molecule has 0 saturated carbocycles. The first kappa shape index (κ1) is 10.2. The average Bonchev–Trinajstić information content (AvgIpc) is 2.57. The van der Waals surface area contributed by atoms with Gasteiger partial charge in [0.15, 0.2) is 0 Å². The van der Waals surface area contributed by atoms with Crippen molar-refractivity contribution in [3.63, 3.8) is 0 Å². The van der Waals surface area contributed by atoms with Crippen LogP contribution in [0.4, 0.5) is 0 Å². The Kier molecular flexibility index (Phi) is 3.00. The molecule has 0 aliphatic heterocycles. The Morgan fingerprint density at radius 3 is 3.00 bits per heavy atom. The molecular weight excluding hydrogens is 206 g/mol. The molecule has 76 valence electrons. The largest absolute Gasteiger partial charge is 0.357 e. The molecule has 0 aliphatic carbocycles. The molecule has 2 aromatic rings. The fraction of sp³-hybridized carbons (Fsp3) is 0.250. The smallest absolute Gasteiger partial charge is 0.264 e. The highest BCUT2D eigenvalue weighted by molar-refractivity contribution is 7.18. The molecule has 0 atom stereocenters. The number of nitrogens with zero attached hydrogens (tertiary/aromatic N) is 1. The number of aromatic nitrogens is 1. The number of thiazole rings is 1. The lowest BCUT2D eigenvalue weighted by molar-refractivity contribution is -0.650. The van der Waals surface area contributed by atoms with Crippen LogP contribution in [0.5, 0.6) is 0 Å². The first-order chi connectivity index (χ1) is 7.33. The summed E-state index contributed by atoms with van der Waals surface area (Å²) in [5.41, 5.74) is 1.24. The summed E-state index contributed by atoms with van der Waals surface area (Å²) in [7, 11) is 2.05. The van der Waals surface area contributed by atoms with E-state index in [0.717, 1.165) is 0 Å². The topological polar surface area (TPSA) is 13.1 Å². The van der Waals surface area contributed by atoms with E-state index in [1.807, 2.05) is 19.2 Å². The van der Waals surface area contributed by atoms with E-state index < -0.39 is 0 Å². The Hall–Kier alpha value is -1.37. The van der Waals surface area contributed by atoms with Crippen LogP contribution in [0.15, 0.2) is 24.3 Å². The van der Waals surface area contributed by atoms with E-state index in [1.54, 1.807) is 11.3 Å². The van der Waals surface area contributed by atoms with Crippen molar-refractivity contribution in [2.45, 2.75) is 6.61 Å². The summed E-state index contributed by atoms with van der Waals surface area (Å²) >= 11 is 1.74. The molecular formula is C12H12NOS+. The quantitative estimate of drug-likeness (QED) is 0.435. The lowest BCUT2D eigenvalue weighted by atomic mass is 10.3. The van der Waals surface area contributed by atoms with Crippen LogP contribution in [-0.2, 0) is 18.4 Å². The summed E-state index contributed by atoms with van der Waals surface area (Å²) in [6, 6.07) is 8.31. The molecule has 0 radical (unpaired) electrons. The summed E-state index contributed by atoms with van der Waals surface area (Å²) in [6.45, 7) is 0.953. The van der Waals surface area contributed by atoms with E-state index in [2.05, 4.69) is 22.6 Å². The zero-order valence-electron chi connectivity index (χ0n) is 8.56. The Morgan fingerprint density at radius 1 is 1.47 bits per heavy atom. The predicted octanol–water partition coefficient (Wildman–Crippen LogP) is 1.88. The molecule has 0 amide bonds.